The molecule has 4 aliphatic carbocycles. The van der Waals surface area contributed by atoms with E-state index in [-0.39, 0.29) is 18.1 Å². The summed E-state index contributed by atoms with van der Waals surface area (Å²) in [5.74, 6) is 2.21. The molecule has 5 aliphatic rings. The highest BCUT2D eigenvalue weighted by molar-refractivity contribution is 7.32. The van der Waals surface area contributed by atoms with Crippen LogP contribution in [0.5, 0.6) is 0 Å². The van der Waals surface area contributed by atoms with Crippen LogP contribution in [-0.4, -0.2) is 46.1 Å². The van der Waals surface area contributed by atoms with Gasteiger partial charge in [0.1, 0.15) is 24.9 Å². The first-order valence-electron chi connectivity index (χ1n) is 8.27. The molecule has 1 aliphatic heterocycles. The SMILES string of the molecule is O=[P+](O)OCC1OC(C23CC4CC(CC(C4)C2)C3)C(O)C1O. The van der Waals surface area contributed by atoms with E-state index >= 15 is 0 Å². The van der Waals surface area contributed by atoms with Gasteiger partial charge in [-0.25, -0.2) is 0 Å². The Morgan fingerprint density at radius 3 is 2.09 bits per heavy atom. The molecule has 1 heterocycles. The van der Waals surface area contributed by atoms with Crippen molar-refractivity contribution in [1.29, 1.82) is 0 Å². The molecule has 22 heavy (non-hydrogen) atoms. The van der Waals surface area contributed by atoms with Gasteiger partial charge in [0.15, 0.2) is 0 Å². The average Bonchev–Trinajstić information content (AvgIpc) is 2.72. The largest absolute Gasteiger partial charge is 0.694 e. The fourth-order valence-electron chi connectivity index (χ4n) is 6.06. The Labute approximate surface area is 130 Å². The first-order valence-corrected chi connectivity index (χ1v) is 9.40. The predicted molar refractivity (Wildman–Crippen MR) is 77.1 cm³/mol. The van der Waals surface area contributed by atoms with Crippen molar-refractivity contribution in [3.05, 3.63) is 0 Å². The van der Waals surface area contributed by atoms with E-state index < -0.39 is 26.6 Å². The van der Waals surface area contributed by atoms with Crippen LogP contribution in [-0.2, 0) is 13.8 Å². The van der Waals surface area contributed by atoms with Crippen LogP contribution in [0.2, 0.25) is 0 Å². The Morgan fingerprint density at radius 1 is 1.05 bits per heavy atom. The van der Waals surface area contributed by atoms with Gasteiger partial charge in [-0.2, -0.15) is 0 Å². The van der Waals surface area contributed by atoms with E-state index in [0.717, 1.165) is 37.0 Å². The lowest BCUT2D eigenvalue weighted by atomic mass is 9.48. The van der Waals surface area contributed by atoms with Gasteiger partial charge in [0, 0.05) is 9.98 Å². The fourth-order valence-corrected chi connectivity index (χ4v) is 6.33. The number of ether oxygens (including phenoxy) is 1. The second-order valence-electron chi connectivity index (χ2n) is 7.89. The van der Waals surface area contributed by atoms with Crippen LogP contribution in [0.4, 0.5) is 0 Å². The van der Waals surface area contributed by atoms with Crippen LogP contribution >= 0.6 is 8.25 Å². The van der Waals surface area contributed by atoms with Crippen LogP contribution in [0.1, 0.15) is 38.5 Å². The van der Waals surface area contributed by atoms with Gasteiger partial charge in [-0.1, -0.05) is 0 Å². The van der Waals surface area contributed by atoms with Crippen molar-refractivity contribution in [3.8, 4) is 0 Å². The Morgan fingerprint density at radius 2 is 1.59 bits per heavy atom. The number of hydrogen-bond acceptors (Lipinski definition) is 5. The number of aliphatic hydroxyl groups is 2. The molecule has 5 rings (SSSR count). The van der Waals surface area contributed by atoms with E-state index in [2.05, 4.69) is 4.52 Å². The van der Waals surface area contributed by atoms with Crippen LogP contribution in [0, 0.1) is 23.2 Å². The van der Waals surface area contributed by atoms with Crippen molar-refractivity contribution >= 4 is 8.25 Å². The van der Waals surface area contributed by atoms with Crippen molar-refractivity contribution in [2.75, 3.05) is 6.61 Å². The summed E-state index contributed by atoms with van der Waals surface area (Å²) >= 11 is 0. The standard InChI is InChI=1S/C15H23O6P/c16-12-11(7-20-22(18)19)21-14(13(12)17)15-4-8-1-9(5-15)3-10(2-8)6-15/h8-14,16-17H,1-7H2/p+1. The molecule has 124 valence electrons. The van der Waals surface area contributed by atoms with Crippen LogP contribution in [0.25, 0.3) is 0 Å². The summed E-state index contributed by atoms with van der Waals surface area (Å²) in [6, 6.07) is 0. The smallest absolute Gasteiger partial charge is 0.388 e. The number of aliphatic hydroxyl groups excluding tert-OH is 2. The third-order valence-corrected chi connectivity index (χ3v) is 6.77. The summed E-state index contributed by atoms with van der Waals surface area (Å²) < 4.78 is 21.3. The Bertz CT molecular complexity index is 434. The van der Waals surface area contributed by atoms with Gasteiger partial charge in [0.2, 0.25) is 0 Å². The first-order chi connectivity index (χ1) is 10.5. The number of hydrogen-bond donors (Lipinski definition) is 3. The van der Waals surface area contributed by atoms with Gasteiger partial charge in [0.25, 0.3) is 0 Å². The minimum Gasteiger partial charge on any atom is -0.388 e. The molecule has 0 aromatic heterocycles. The molecular weight excluding hydrogens is 307 g/mol. The molecule has 0 spiro atoms. The summed E-state index contributed by atoms with van der Waals surface area (Å²) in [4.78, 5) is 8.75. The van der Waals surface area contributed by atoms with Gasteiger partial charge in [0.05, 0.1) is 6.10 Å². The molecule has 0 radical (unpaired) electrons. The zero-order valence-electron chi connectivity index (χ0n) is 12.5. The zero-order valence-corrected chi connectivity index (χ0v) is 13.4. The maximum Gasteiger partial charge on any atom is 0.694 e. The molecule has 4 saturated carbocycles. The molecule has 0 aromatic rings. The molecule has 7 heteroatoms. The Balaban J connectivity index is 1.51. The van der Waals surface area contributed by atoms with E-state index in [1.54, 1.807) is 0 Å². The second-order valence-corrected chi connectivity index (χ2v) is 8.62. The summed E-state index contributed by atoms with van der Waals surface area (Å²) in [7, 11) is -2.71. The fraction of sp³-hybridized carbons (Fsp3) is 1.00. The maximum absolute atomic E-state index is 10.7. The monoisotopic (exact) mass is 331 g/mol. The van der Waals surface area contributed by atoms with Gasteiger partial charge in [-0.3, -0.25) is 0 Å². The van der Waals surface area contributed by atoms with E-state index in [4.69, 9.17) is 9.63 Å². The van der Waals surface area contributed by atoms with Crippen molar-refractivity contribution in [2.24, 2.45) is 23.2 Å². The third kappa shape index (κ3) is 2.45. The maximum atomic E-state index is 10.7. The predicted octanol–water partition coefficient (Wildman–Crippen LogP) is 1.36. The highest BCUT2D eigenvalue weighted by Gasteiger charge is 2.60. The first kappa shape index (κ1) is 15.4. The lowest BCUT2D eigenvalue weighted by Gasteiger charge is -2.59. The van der Waals surface area contributed by atoms with E-state index in [1.165, 1.54) is 19.3 Å². The molecule has 1 saturated heterocycles. The average molecular weight is 331 g/mol. The summed E-state index contributed by atoms with van der Waals surface area (Å²) in [5.41, 5.74) is -0.0225. The van der Waals surface area contributed by atoms with Gasteiger partial charge < -0.3 is 14.9 Å². The molecule has 0 amide bonds. The summed E-state index contributed by atoms with van der Waals surface area (Å²) in [6.45, 7) is -0.160. The minimum atomic E-state index is -2.71. The zero-order chi connectivity index (χ0) is 15.5. The molecule has 4 bridgehead atoms. The van der Waals surface area contributed by atoms with Gasteiger partial charge in [-0.15, -0.1) is 9.42 Å². The molecule has 0 aromatic carbocycles. The second kappa shape index (κ2) is 5.47. The van der Waals surface area contributed by atoms with Crippen molar-refractivity contribution in [2.45, 2.75) is 62.9 Å². The van der Waals surface area contributed by atoms with Crippen LogP contribution in [0.3, 0.4) is 0 Å². The quantitative estimate of drug-likeness (QED) is 0.673. The molecule has 3 N–H and O–H groups in total. The van der Waals surface area contributed by atoms with Gasteiger partial charge in [-0.05, 0) is 56.3 Å². The van der Waals surface area contributed by atoms with Crippen molar-refractivity contribution in [1.82, 2.24) is 0 Å². The lowest BCUT2D eigenvalue weighted by molar-refractivity contribution is -0.158. The van der Waals surface area contributed by atoms with E-state index in [1.807, 2.05) is 0 Å². The third-order valence-electron chi connectivity index (χ3n) is 6.40. The number of rotatable bonds is 4. The molecular formula is C15H24O6P+. The lowest BCUT2D eigenvalue weighted by Crippen LogP contribution is -2.54. The molecule has 6 nitrogen and oxygen atoms in total. The van der Waals surface area contributed by atoms with Crippen LogP contribution in [0.15, 0.2) is 0 Å². The normalized spacial score (nSPS) is 54.0. The van der Waals surface area contributed by atoms with E-state index in [0.29, 0.717) is 0 Å². The van der Waals surface area contributed by atoms with Crippen molar-refractivity contribution in [3.63, 3.8) is 0 Å². The highest BCUT2D eigenvalue weighted by atomic mass is 31.1. The molecule has 5 fully saturated rings. The minimum absolute atomic E-state index is 0.0225. The topological polar surface area (TPSA) is 96.2 Å². The molecule has 5 atom stereocenters. The Kier molecular flexibility index (Phi) is 3.84. The van der Waals surface area contributed by atoms with Crippen molar-refractivity contribution < 1.29 is 28.9 Å². The van der Waals surface area contributed by atoms with Crippen LogP contribution < -0.4 is 0 Å². The molecule has 5 unspecified atom stereocenters. The van der Waals surface area contributed by atoms with Gasteiger partial charge >= 0.3 is 8.25 Å². The summed E-state index contributed by atoms with van der Waals surface area (Å²) in [6.07, 6.45) is 4.08. The Hall–Kier alpha value is -0.100. The summed E-state index contributed by atoms with van der Waals surface area (Å²) in [5, 5.41) is 20.7. The van der Waals surface area contributed by atoms with E-state index in [9.17, 15) is 14.8 Å². The highest BCUT2D eigenvalue weighted by Crippen LogP contribution is 2.63.